The van der Waals surface area contributed by atoms with Crippen molar-refractivity contribution in [3.63, 3.8) is 0 Å². The van der Waals surface area contributed by atoms with Crippen LogP contribution in [0.2, 0.25) is 0 Å². The predicted octanol–water partition coefficient (Wildman–Crippen LogP) is 15.3. The summed E-state index contributed by atoms with van der Waals surface area (Å²) < 4.78 is 16.6. The molecule has 0 aromatic heterocycles. The summed E-state index contributed by atoms with van der Waals surface area (Å²) in [7, 11) is 0. The summed E-state index contributed by atoms with van der Waals surface area (Å²) >= 11 is 0. The second kappa shape index (κ2) is 46.3. The first-order valence-electron chi connectivity index (χ1n) is 23.7. The van der Waals surface area contributed by atoms with Crippen LogP contribution in [0.25, 0.3) is 0 Å². The molecule has 1 unspecified atom stereocenters. The zero-order valence-corrected chi connectivity index (χ0v) is 37.5. The fraction of sp³-hybridized carbons (Fsp3) is 0.673. The number of ether oxygens (including phenoxy) is 3. The molecule has 0 rings (SSSR count). The first kappa shape index (κ1) is 54.6. The van der Waals surface area contributed by atoms with E-state index in [9.17, 15) is 14.4 Å². The van der Waals surface area contributed by atoms with Crippen LogP contribution in [0.5, 0.6) is 0 Å². The summed E-state index contributed by atoms with van der Waals surface area (Å²) in [5, 5.41) is 0. The second-order valence-electron chi connectivity index (χ2n) is 15.4. The number of carbonyl (C=O) groups is 3. The van der Waals surface area contributed by atoms with Gasteiger partial charge in [-0.15, -0.1) is 0 Å². The molecule has 6 heteroatoms. The molecule has 58 heavy (non-hydrogen) atoms. The Kier molecular flexibility index (Phi) is 43.6. The maximum atomic E-state index is 12.7. The van der Waals surface area contributed by atoms with Crippen LogP contribution in [0.3, 0.4) is 0 Å². The van der Waals surface area contributed by atoms with Gasteiger partial charge in [0, 0.05) is 19.3 Å². The maximum Gasteiger partial charge on any atom is 0.306 e. The number of rotatable bonds is 41. The van der Waals surface area contributed by atoms with E-state index in [-0.39, 0.29) is 31.6 Å². The highest BCUT2D eigenvalue weighted by atomic mass is 16.6. The van der Waals surface area contributed by atoms with Gasteiger partial charge >= 0.3 is 17.9 Å². The van der Waals surface area contributed by atoms with Gasteiger partial charge in [-0.05, 0) is 77.0 Å². The van der Waals surface area contributed by atoms with Crippen molar-refractivity contribution >= 4 is 17.9 Å². The summed E-state index contributed by atoms with van der Waals surface area (Å²) in [6, 6.07) is 0. The number of allylic oxidation sites excluding steroid dienone is 14. The Hall–Kier alpha value is -3.41. The fourth-order valence-electron chi connectivity index (χ4n) is 6.18. The Morgan fingerprint density at radius 1 is 0.362 bits per heavy atom. The van der Waals surface area contributed by atoms with E-state index in [4.69, 9.17) is 14.2 Å². The van der Waals surface area contributed by atoms with E-state index >= 15 is 0 Å². The van der Waals surface area contributed by atoms with E-state index in [1.165, 1.54) is 96.3 Å². The summed E-state index contributed by atoms with van der Waals surface area (Å²) in [4.78, 5) is 37.7. The van der Waals surface area contributed by atoms with Crippen molar-refractivity contribution in [1.82, 2.24) is 0 Å². The standard InChI is InChI=1S/C52H86O6/c1-4-7-10-13-16-19-21-23-24-25-26-27-29-30-33-36-39-42-45-51(54)57-48-49(47-56-50(53)44-41-38-35-32-18-15-12-9-6-3)58-52(55)46-43-40-37-34-31-28-22-20-17-14-11-8-5-2/h8,11,14,17,20,22,26-28,31-32,34-35,37,49H,4-7,9-10,12-13,15-16,18-19,21,23-25,29-30,33,36,38-48H2,1-3H3/b11-8-,17-14-,22-20-,27-26-,31-28-,35-32-,37-34-. The summed E-state index contributed by atoms with van der Waals surface area (Å²) in [5.74, 6) is -1.05. The van der Waals surface area contributed by atoms with Crippen LogP contribution in [0.4, 0.5) is 0 Å². The molecule has 0 amide bonds. The topological polar surface area (TPSA) is 78.9 Å². The van der Waals surface area contributed by atoms with E-state index in [1.54, 1.807) is 0 Å². The predicted molar refractivity (Wildman–Crippen MR) is 247 cm³/mol. The van der Waals surface area contributed by atoms with E-state index in [0.29, 0.717) is 25.7 Å². The Labute approximate surface area is 356 Å². The first-order valence-corrected chi connectivity index (χ1v) is 23.7. The van der Waals surface area contributed by atoms with Crippen molar-refractivity contribution < 1.29 is 28.6 Å². The van der Waals surface area contributed by atoms with E-state index in [0.717, 1.165) is 57.8 Å². The van der Waals surface area contributed by atoms with Crippen molar-refractivity contribution in [1.29, 1.82) is 0 Å². The Morgan fingerprint density at radius 2 is 0.707 bits per heavy atom. The normalized spacial score (nSPS) is 12.8. The van der Waals surface area contributed by atoms with Gasteiger partial charge in [-0.25, -0.2) is 0 Å². The zero-order valence-electron chi connectivity index (χ0n) is 37.5. The monoisotopic (exact) mass is 807 g/mol. The minimum Gasteiger partial charge on any atom is -0.462 e. The lowest BCUT2D eigenvalue weighted by Crippen LogP contribution is -2.30. The quantitative estimate of drug-likeness (QED) is 0.0201. The van der Waals surface area contributed by atoms with Crippen molar-refractivity contribution in [3.05, 3.63) is 85.1 Å². The molecule has 0 N–H and O–H groups in total. The molecule has 0 aromatic carbocycles. The smallest absolute Gasteiger partial charge is 0.306 e. The number of esters is 3. The van der Waals surface area contributed by atoms with Gasteiger partial charge in [0.15, 0.2) is 6.10 Å². The van der Waals surface area contributed by atoms with Gasteiger partial charge in [0.25, 0.3) is 0 Å². The van der Waals surface area contributed by atoms with Crippen LogP contribution in [-0.2, 0) is 28.6 Å². The molecule has 330 valence electrons. The number of unbranched alkanes of at least 4 members (excludes halogenated alkanes) is 20. The molecular weight excluding hydrogens is 721 g/mol. The molecule has 0 aromatic rings. The average Bonchev–Trinajstić information content (AvgIpc) is 3.22. The van der Waals surface area contributed by atoms with Crippen molar-refractivity contribution in [2.75, 3.05) is 13.2 Å². The van der Waals surface area contributed by atoms with Gasteiger partial charge in [-0.2, -0.15) is 0 Å². The van der Waals surface area contributed by atoms with Crippen LogP contribution in [-0.4, -0.2) is 37.2 Å². The molecule has 0 fully saturated rings. The Bertz CT molecular complexity index is 1160. The third kappa shape index (κ3) is 43.7. The Balaban J connectivity index is 4.45. The van der Waals surface area contributed by atoms with Gasteiger partial charge in [-0.3, -0.25) is 14.4 Å². The summed E-state index contributed by atoms with van der Waals surface area (Å²) in [5.41, 5.74) is 0. The molecule has 0 saturated carbocycles. The number of hydrogen-bond acceptors (Lipinski definition) is 6. The van der Waals surface area contributed by atoms with Crippen LogP contribution in [0.1, 0.15) is 207 Å². The van der Waals surface area contributed by atoms with E-state index in [1.807, 2.05) is 54.7 Å². The molecule has 0 aliphatic carbocycles. The fourth-order valence-corrected chi connectivity index (χ4v) is 6.18. The van der Waals surface area contributed by atoms with Gasteiger partial charge in [0.05, 0.1) is 0 Å². The van der Waals surface area contributed by atoms with Crippen LogP contribution in [0.15, 0.2) is 85.1 Å². The summed E-state index contributed by atoms with van der Waals surface area (Å²) in [6.07, 6.45) is 58.8. The highest BCUT2D eigenvalue weighted by Crippen LogP contribution is 2.13. The van der Waals surface area contributed by atoms with Crippen LogP contribution in [0, 0.1) is 0 Å². The molecule has 0 bridgehead atoms. The molecule has 0 aliphatic heterocycles. The van der Waals surface area contributed by atoms with Crippen molar-refractivity contribution in [3.8, 4) is 0 Å². The molecule has 6 nitrogen and oxygen atoms in total. The zero-order chi connectivity index (χ0) is 42.3. The molecule has 0 saturated heterocycles. The molecule has 0 spiro atoms. The lowest BCUT2D eigenvalue weighted by atomic mass is 10.1. The van der Waals surface area contributed by atoms with Crippen molar-refractivity contribution in [2.45, 2.75) is 213 Å². The Morgan fingerprint density at radius 3 is 1.19 bits per heavy atom. The maximum absolute atomic E-state index is 12.7. The largest absolute Gasteiger partial charge is 0.462 e. The van der Waals surface area contributed by atoms with Gasteiger partial charge in [0.1, 0.15) is 13.2 Å². The van der Waals surface area contributed by atoms with E-state index in [2.05, 4.69) is 51.2 Å². The average molecular weight is 807 g/mol. The van der Waals surface area contributed by atoms with Crippen LogP contribution < -0.4 is 0 Å². The third-order valence-electron chi connectivity index (χ3n) is 9.73. The van der Waals surface area contributed by atoms with Crippen LogP contribution >= 0.6 is 0 Å². The third-order valence-corrected chi connectivity index (χ3v) is 9.73. The molecule has 0 aliphatic rings. The number of hydrogen-bond donors (Lipinski definition) is 0. The van der Waals surface area contributed by atoms with Gasteiger partial charge < -0.3 is 14.2 Å². The minimum atomic E-state index is -0.825. The molecular formula is C52H86O6. The lowest BCUT2D eigenvalue weighted by molar-refractivity contribution is -0.167. The molecule has 0 heterocycles. The first-order chi connectivity index (χ1) is 28.5. The van der Waals surface area contributed by atoms with Gasteiger partial charge in [-0.1, -0.05) is 196 Å². The van der Waals surface area contributed by atoms with E-state index < -0.39 is 12.1 Å². The van der Waals surface area contributed by atoms with Crippen molar-refractivity contribution in [2.24, 2.45) is 0 Å². The number of carbonyl (C=O) groups excluding carboxylic acids is 3. The second-order valence-corrected chi connectivity index (χ2v) is 15.4. The molecule has 0 radical (unpaired) electrons. The molecule has 1 atom stereocenters. The van der Waals surface area contributed by atoms with Gasteiger partial charge in [0.2, 0.25) is 0 Å². The highest BCUT2D eigenvalue weighted by Gasteiger charge is 2.19. The summed E-state index contributed by atoms with van der Waals surface area (Å²) in [6.45, 7) is 6.34. The minimum absolute atomic E-state index is 0.119. The lowest BCUT2D eigenvalue weighted by Gasteiger charge is -2.18. The highest BCUT2D eigenvalue weighted by molar-refractivity contribution is 5.71. The SMILES string of the molecule is CC\C=C/C=C\C=C/C=C\C=C/CCCC(=O)OC(COC(=O)CCC/C=C\CCCCCC)COC(=O)CCCCCCC/C=C\CCCCCCCCCCC.